The Hall–Kier alpha value is -1.76. The fourth-order valence-electron chi connectivity index (χ4n) is 1.78. The molecule has 0 aromatic carbocycles. The topological polar surface area (TPSA) is 121 Å². The van der Waals surface area contributed by atoms with Crippen LogP contribution in [0.15, 0.2) is 5.11 Å². The highest BCUT2D eigenvalue weighted by molar-refractivity contribution is 6.37. The van der Waals surface area contributed by atoms with E-state index in [0.29, 0.717) is 6.54 Å². The summed E-state index contributed by atoms with van der Waals surface area (Å²) in [4.78, 5) is 23.7. The van der Waals surface area contributed by atoms with Crippen LogP contribution in [0.2, 0.25) is 10.3 Å². The van der Waals surface area contributed by atoms with Crippen LogP contribution < -0.4 is 10.6 Å². The first-order valence-corrected chi connectivity index (χ1v) is 6.08. The van der Waals surface area contributed by atoms with Crippen molar-refractivity contribution in [2.24, 2.45) is 11.0 Å². The molecule has 0 spiro atoms. The van der Waals surface area contributed by atoms with Gasteiger partial charge in [0, 0.05) is 24.4 Å². The molecule has 1 aliphatic rings. The van der Waals surface area contributed by atoms with Crippen LogP contribution in [0.5, 0.6) is 0 Å². The molecule has 0 bridgehead atoms. The number of aromatic nitrogens is 2. The molecule has 1 aromatic heterocycles. The largest absolute Gasteiger partial charge is 0.394 e. The van der Waals surface area contributed by atoms with E-state index in [1.54, 1.807) is 0 Å². The minimum atomic E-state index is -0.171. The highest BCUT2D eigenvalue weighted by atomic mass is 35.5. The van der Waals surface area contributed by atoms with E-state index in [9.17, 15) is 4.79 Å². The zero-order chi connectivity index (χ0) is 14.0. The van der Waals surface area contributed by atoms with Gasteiger partial charge in [0.25, 0.3) is 0 Å². The standard InChI is InChI=1S/C9H9Cl2N7O/c10-7-6(12)8(11)16-9(15-7)18-3-4(1-5(18)19)2-14-17-13/h4H,1-3,12H2. The number of hydrogen-bond donors (Lipinski definition) is 1. The molecule has 1 unspecified atom stereocenters. The van der Waals surface area contributed by atoms with Crippen molar-refractivity contribution in [1.29, 1.82) is 0 Å². The second kappa shape index (κ2) is 5.48. The van der Waals surface area contributed by atoms with Crippen LogP contribution in [-0.4, -0.2) is 29.0 Å². The average molecular weight is 302 g/mol. The Morgan fingerprint density at radius 3 is 2.68 bits per heavy atom. The van der Waals surface area contributed by atoms with Gasteiger partial charge in [0.2, 0.25) is 11.9 Å². The second-order valence-electron chi connectivity index (χ2n) is 4.01. The van der Waals surface area contributed by atoms with E-state index in [0.717, 1.165) is 0 Å². The van der Waals surface area contributed by atoms with Gasteiger partial charge in [-0.15, -0.1) is 0 Å². The van der Waals surface area contributed by atoms with E-state index in [1.165, 1.54) is 4.90 Å². The third-order valence-electron chi connectivity index (χ3n) is 2.69. The summed E-state index contributed by atoms with van der Waals surface area (Å²) in [6.07, 6.45) is 0.266. The summed E-state index contributed by atoms with van der Waals surface area (Å²) in [5.41, 5.74) is 13.9. The molecule has 2 rings (SSSR count). The molecule has 19 heavy (non-hydrogen) atoms. The maximum Gasteiger partial charge on any atom is 0.235 e. The molecule has 1 atom stereocenters. The molecule has 1 aromatic rings. The minimum absolute atomic E-state index is 0.00120. The number of carbonyl (C=O) groups excluding carboxylic acids is 1. The molecule has 2 N–H and O–H groups in total. The molecule has 0 radical (unpaired) electrons. The van der Waals surface area contributed by atoms with E-state index in [2.05, 4.69) is 20.0 Å². The van der Waals surface area contributed by atoms with Gasteiger partial charge in [-0.1, -0.05) is 28.3 Å². The lowest BCUT2D eigenvalue weighted by Gasteiger charge is -2.15. The number of halogens is 2. The summed E-state index contributed by atoms with van der Waals surface area (Å²) in [6, 6.07) is 0. The van der Waals surface area contributed by atoms with Crippen LogP contribution in [0.1, 0.15) is 6.42 Å². The van der Waals surface area contributed by atoms with E-state index >= 15 is 0 Å². The summed E-state index contributed by atoms with van der Waals surface area (Å²) in [7, 11) is 0. The first kappa shape index (κ1) is 13.7. The highest BCUT2D eigenvalue weighted by Gasteiger charge is 2.32. The van der Waals surface area contributed by atoms with Gasteiger partial charge in [-0.25, -0.2) is 0 Å². The third kappa shape index (κ3) is 2.81. The Bertz CT molecular complexity index is 549. The maximum atomic E-state index is 11.8. The van der Waals surface area contributed by atoms with Crippen LogP contribution in [0.25, 0.3) is 10.4 Å². The van der Waals surface area contributed by atoms with Crippen molar-refractivity contribution in [2.45, 2.75) is 6.42 Å². The number of hydrogen-bond acceptors (Lipinski definition) is 5. The van der Waals surface area contributed by atoms with Crippen LogP contribution in [-0.2, 0) is 4.79 Å². The molecule has 10 heteroatoms. The molecule has 1 saturated heterocycles. The van der Waals surface area contributed by atoms with Crippen LogP contribution >= 0.6 is 23.2 Å². The summed E-state index contributed by atoms with van der Waals surface area (Å²) in [6.45, 7) is 0.601. The number of azide groups is 1. The van der Waals surface area contributed by atoms with Crippen molar-refractivity contribution in [1.82, 2.24) is 9.97 Å². The third-order valence-corrected chi connectivity index (χ3v) is 3.27. The molecular weight excluding hydrogens is 293 g/mol. The summed E-state index contributed by atoms with van der Waals surface area (Å²) >= 11 is 11.6. The Balaban J connectivity index is 2.23. The molecule has 1 aliphatic heterocycles. The van der Waals surface area contributed by atoms with Gasteiger partial charge in [-0.05, 0) is 11.4 Å². The van der Waals surface area contributed by atoms with Crippen molar-refractivity contribution >= 4 is 40.7 Å². The summed E-state index contributed by atoms with van der Waals surface area (Å²) in [5.74, 6) is -0.130. The predicted octanol–water partition coefficient (Wildman–Crippen LogP) is 2.03. The van der Waals surface area contributed by atoms with E-state index in [-0.39, 0.29) is 46.7 Å². The maximum absolute atomic E-state index is 11.8. The van der Waals surface area contributed by atoms with Gasteiger partial charge in [-0.3, -0.25) is 9.69 Å². The lowest BCUT2D eigenvalue weighted by atomic mass is 10.1. The SMILES string of the molecule is [N-]=[N+]=NCC1CC(=O)N(c2nc(Cl)c(N)c(Cl)n2)C1. The lowest BCUT2D eigenvalue weighted by Crippen LogP contribution is -2.27. The molecule has 100 valence electrons. The van der Waals surface area contributed by atoms with Gasteiger partial charge in [0.05, 0.1) is 0 Å². The number of nitrogens with zero attached hydrogens (tertiary/aromatic N) is 6. The minimum Gasteiger partial charge on any atom is -0.394 e. The number of carbonyl (C=O) groups is 1. The smallest absolute Gasteiger partial charge is 0.235 e. The predicted molar refractivity (Wildman–Crippen MR) is 70.9 cm³/mol. The quantitative estimate of drug-likeness (QED) is 0.397. The Morgan fingerprint density at radius 1 is 1.47 bits per heavy atom. The van der Waals surface area contributed by atoms with Crippen LogP contribution in [0, 0.1) is 5.92 Å². The average Bonchev–Trinajstić information content (AvgIpc) is 2.74. The van der Waals surface area contributed by atoms with Crippen molar-refractivity contribution in [3.8, 4) is 0 Å². The number of amides is 1. The Labute approximate surface area is 118 Å². The molecule has 1 amide bonds. The summed E-state index contributed by atoms with van der Waals surface area (Å²) in [5, 5.41) is 3.46. The number of anilines is 2. The van der Waals surface area contributed by atoms with E-state index < -0.39 is 0 Å². The monoisotopic (exact) mass is 301 g/mol. The molecule has 1 fully saturated rings. The normalized spacial score (nSPS) is 18.5. The Morgan fingerprint density at radius 2 is 2.11 bits per heavy atom. The zero-order valence-electron chi connectivity index (χ0n) is 9.62. The van der Waals surface area contributed by atoms with Crippen molar-refractivity contribution < 1.29 is 4.79 Å². The van der Waals surface area contributed by atoms with Gasteiger partial charge in [0.1, 0.15) is 5.69 Å². The molecule has 2 heterocycles. The molecule has 8 nitrogen and oxygen atoms in total. The first-order chi connectivity index (χ1) is 9.02. The van der Waals surface area contributed by atoms with Crippen molar-refractivity contribution in [3.05, 3.63) is 20.7 Å². The fraction of sp³-hybridized carbons (Fsp3) is 0.444. The van der Waals surface area contributed by atoms with Gasteiger partial charge in [-0.2, -0.15) is 9.97 Å². The van der Waals surface area contributed by atoms with Crippen LogP contribution in [0.3, 0.4) is 0 Å². The van der Waals surface area contributed by atoms with Gasteiger partial charge >= 0.3 is 0 Å². The number of rotatable bonds is 3. The first-order valence-electron chi connectivity index (χ1n) is 5.32. The van der Waals surface area contributed by atoms with E-state index in [4.69, 9.17) is 34.5 Å². The van der Waals surface area contributed by atoms with Crippen LogP contribution in [0.4, 0.5) is 11.6 Å². The Kier molecular flexibility index (Phi) is 3.94. The summed E-state index contributed by atoms with van der Waals surface area (Å²) < 4.78 is 0. The lowest BCUT2D eigenvalue weighted by molar-refractivity contribution is -0.117. The van der Waals surface area contributed by atoms with E-state index in [1.807, 2.05) is 0 Å². The second-order valence-corrected chi connectivity index (χ2v) is 4.72. The van der Waals surface area contributed by atoms with Gasteiger partial charge < -0.3 is 5.73 Å². The molecular formula is C9H9Cl2N7O. The number of nitrogens with two attached hydrogens (primary N) is 1. The zero-order valence-corrected chi connectivity index (χ0v) is 11.1. The molecule has 0 saturated carbocycles. The van der Waals surface area contributed by atoms with Crippen molar-refractivity contribution in [3.63, 3.8) is 0 Å². The highest BCUT2D eigenvalue weighted by Crippen LogP contribution is 2.29. The van der Waals surface area contributed by atoms with Gasteiger partial charge in [0.15, 0.2) is 10.3 Å². The fourth-order valence-corrected chi connectivity index (χ4v) is 2.15. The van der Waals surface area contributed by atoms with Crippen molar-refractivity contribution in [2.75, 3.05) is 23.7 Å². The molecule has 0 aliphatic carbocycles. The number of nitrogen functional groups attached to an aromatic ring is 1.